The lowest BCUT2D eigenvalue weighted by Gasteiger charge is -2.35. The summed E-state index contributed by atoms with van der Waals surface area (Å²) < 4.78 is 7.87. The Labute approximate surface area is 198 Å². The third kappa shape index (κ3) is 4.17. The van der Waals surface area contributed by atoms with E-state index >= 15 is 0 Å². The van der Waals surface area contributed by atoms with Gasteiger partial charge in [-0.05, 0) is 55.3 Å². The van der Waals surface area contributed by atoms with Crippen LogP contribution < -0.4 is 4.74 Å². The van der Waals surface area contributed by atoms with Crippen molar-refractivity contribution in [1.82, 2.24) is 19.7 Å². The fraction of sp³-hybridized carbons (Fsp3) is 0.222. The molecule has 2 aromatic heterocycles. The summed E-state index contributed by atoms with van der Waals surface area (Å²) in [6, 6.07) is 19.7. The number of nitriles is 1. The van der Waals surface area contributed by atoms with Gasteiger partial charge < -0.3 is 9.84 Å². The number of ether oxygens (including phenoxy) is 1. The Morgan fingerprint density at radius 3 is 2.62 bits per heavy atom. The van der Waals surface area contributed by atoms with Crippen LogP contribution in [-0.4, -0.2) is 44.1 Å². The Kier molecular flexibility index (Phi) is 6.09. The number of benzene rings is 2. The smallest absolute Gasteiger partial charge is 0.127 e. The summed E-state index contributed by atoms with van der Waals surface area (Å²) in [7, 11) is 0. The molecule has 4 aromatic rings. The minimum atomic E-state index is -0.696. The summed E-state index contributed by atoms with van der Waals surface area (Å²) >= 11 is 0. The first kappa shape index (κ1) is 21.8. The maximum absolute atomic E-state index is 10.3. The standard InChI is InChI=1S/C27H25N5O2/c1-2-25(33)31-14-6-7-21(18-31)32-27-20(15-28)16-29-17-24(27)26(30-32)19-10-12-23(13-11-19)34-22-8-4-3-5-9-22/h2-5,8-13,16-17,21,25,33H,1,6-7,14,18H2. The van der Waals surface area contributed by atoms with Crippen molar-refractivity contribution in [3.63, 3.8) is 0 Å². The fourth-order valence-electron chi connectivity index (χ4n) is 4.52. The number of rotatable bonds is 6. The highest BCUT2D eigenvalue weighted by molar-refractivity contribution is 5.95. The van der Waals surface area contributed by atoms with E-state index in [1.165, 1.54) is 0 Å². The lowest BCUT2D eigenvalue weighted by Crippen LogP contribution is -2.42. The van der Waals surface area contributed by atoms with E-state index in [0.717, 1.165) is 53.0 Å². The monoisotopic (exact) mass is 451 g/mol. The van der Waals surface area contributed by atoms with Crippen LogP contribution in [0, 0.1) is 11.3 Å². The minimum absolute atomic E-state index is 0.0230. The number of aliphatic hydroxyl groups is 1. The van der Waals surface area contributed by atoms with Gasteiger partial charge in [0.2, 0.25) is 0 Å². The predicted molar refractivity (Wildman–Crippen MR) is 130 cm³/mol. The van der Waals surface area contributed by atoms with Gasteiger partial charge in [-0.1, -0.05) is 24.8 Å². The number of aromatic nitrogens is 3. The van der Waals surface area contributed by atoms with E-state index in [1.54, 1.807) is 18.5 Å². The van der Waals surface area contributed by atoms with Gasteiger partial charge in [-0.2, -0.15) is 10.4 Å². The molecule has 1 N–H and O–H groups in total. The summed E-state index contributed by atoms with van der Waals surface area (Å²) in [6.07, 6.45) is 6.03. The molecule has 34 heavy (non-hydrogen) atoms. The Balaban J connectivity index is 1.52. The van der Waals surface area contributed by atoms with E-state index in [4.69, 9.17) is 9.84 Å². The second-order valence-corrected chi connectivity index (χ2v) is 8.37. The maximum atomic E-state index is 10.3. The number of hydrogen-bond acceptors (Lipinski definition) is 6. The van der Waals surface area contributed by atoms with E-state index in [2.05, 4.69) is 17.6 Å². The van der Waals surface area contributed by atoms with Gasteiger partial charge in [0.15, 0.2) is 0 Å². The molecule has 0 radical (unpaired) electrons. The molecule has 0 spiro atoms. The average molecular weight is 452 g/mol. The third-order valence-electron chi connectivity index (χ3n) is 6.20. The first-order valence-electron chi connectivity index (χ1n) is 11.3. The molecule has 2 atom stereocenters. The molecule has 3 heterocycles. The molecule has 7 heteroatoms. The molecule has 170 valence electrons. The number of nitrogens with zero attached hydrogens (tertiary/aromatic N) is 5. The summed E-state index contributed by atoms with van der Waals surface area (Å²) in [4.78, 5) is 6.28. The SMILES string of the molecule is C=CC(O)N1CCCC(n2nc(-c3ccc(Oc4ccccc4)cc3)c3cncc(C#N)c32)C1. The lowest BCUT2D eigenvalue weighted by atomic mass is 10.0. The van der Waals surface area contributed by atoms with Gasteiger partial charge in [-0.3, -0.25) is 14.6 Å². The quantitative estimate of drug-likeness (QED) is 0.420. The molecule has 2 unspecified atom stereocenters. The summed E-state index contributed by atoms with van der Waals surface area (Å²) in [6.45, 7) is 5.13. The van der Waals surface area contributed by atoms with E-state index in [9.17, 15) is 10.4 Å². The molecule has 0 amide bonds. The minimum Gasteiger partial charge on any atom is -0.457 e. The topological polar surface area (TPSA) is 87.2 Å². The third-order valence-corrected chi connectivity index (χ3v) is 6.20. The number of para-hydroxylation sites is 1. The van der Waals surface area contributed by atoms with E-state index in [-0.39, 0.29) is 6.04 Å². The van der Waals surface area contributed by atoms with Crippen LogP contribution in [0.3, 0.4) is 0 Å². The van der Waals surface area contributed by atoms with Crippen LogP contribution in [0.5, 0.6) is 11.5 Å². The van der Waals surface area contributed by atoms with Crippen molar-refractivity contribution in [3.05, 3.63) is 85.2 Å². The number of hydrogen-bond donors (Lipinski definition) is 1. The molecule has 0 saturated carbocycles. The molecule has 1 aliphatic rings. The molecule has 0 bridgehead atoms. The summed E-state index contributed by atoms with van der Waals surface area (Å²) in [5.41, 5.74) is 2.95. The molecule has 2 aromatic carbocycles. The molecular weight excluding hydrogens is 426 g/mol. The second kappa shape index (κ2) is 9.48. The Bertz CT molecular complexity index is 1340. The van der Waals surface area contributed by atoms with Crippen LogP contribution in [0.15, 0.2) is 79.6 Å². The van der Waals surface area contributed by atoms with Crippen molar-refractivity contribution in [1.29, 1.82) is 5.26 Å². The number of likely N-dealkylation sites (tertiary alicyclic amines) is 1. The van der Waals surface area contributed by atoms with Crippen molar-refractivity contribution < 1.29 is 9.84 Å². The van der Waals surface area contributed by atoms with Gasteiger partial charge in [0.25, 0.3) is 0 Å². The van der Waals surface area contributed by atoms with Crippen molar-refractivity contribution in [2.24, 2.45) is 0 Å². The number of pyridine rings is 1. The normalized spacial score (nSPS) is 17.2. The maximum Gasteiger partial charge on any atom is 0.127 e. The fourth-order valence-corrected chi connectivity index (χ4v) is 4.52. The molecule has 1 saturated heterocycles. The Hall–Kier alpha value is -3.99. The van der Waals surface area contributed by atoms with Gasteiger partial charge in [-0.15, -0.1) is 0 Å². The van der Waals surface area contributed by atoms with Crippen LogP contribution in [0.25, 0.3) is 22.2 Å². The van der Waals surface area contributed by atoms with Gasteiger partial charge in [0, 0.05) is 36.4 Å². The van der Waals surface area contributed by atoms with E-state index < -0.39 is 6.23 Å². The highest BCUT2D eigenvalue weighted by Crippen LogP contribution is 2.35. The van der Waals surface area contributed by atoms with Gasteiger partial charge in [0.1, 0.15) is 29.5 Å². The number of fused-ring (bicyclic) bond motifs is 1. The van der Waals surface area contributed by atoms with Crippen LogP contribution in [-0.2, 0) is 0 Å². The Morgan fingerprint density at radius 1 is 1.12 bits per heavy atom. The van der Waals surface area contributed by atoms with Crippen LogP contribution in [0.1, 0.15) is 24.4 Å². The van der Waals surface area contributed by atoms with Crippen molar-refractivity contribution >= 4 is 10.9 Å². The number of piperidine rings is 1. The number of aliphatic hydroxyl groups excluding tert-OH is 1. The van der Waals surface area contributed by atoms with Gasteiger partial charge >= 0.3 is 0 Å². The summed E-state index contributed by atoms with van der Waals surface area (Å²) in [5.74, 6) is 1.51. The Morgan fingerprint density at radius 2 is 1.88 bits per heavy atom. The zero-order valence-corrected chi connectivity index (χ0v) is 18.7. The van der Waals surface area contributed by atoms with Crippen LogP contribution >= 0.6 is 0 Å². The highest BCUT2D eigenvalue weighted by atomic mass is 16.5. The molecule has 7 nitrogen and oxygen atoms in total. The first-order chi connectivity index (χ1) is 16.7. The van der Waals surface area contributed by atoms with Gasteiger partial charge in [0.05, 0.1) is 17.1 Å². The largest absolute Gasteiger partial charge is 0.457 e. The molecule has 5 rings (SSSR count). The molecule has 1 fully saturated rings. The zero-order valence-electron chi connectivity index (χ0n) is 18.7. The van der Waals surface area contributed by atoms with Crippen molar-refractivity contribution in [2.75, 3.05) is 13.1 Å². The van der Waals surface area contributed by atoms with Crippen molar-refractivity contribution in [2.45, 2.75) is 25.1 Å². The highest BCUT2D eigenvalue weighted by Gasteiger charge is 2.28. The van der Waals surface area contributed by atoms with Crippen LogP contribution in [0.2, 0.25) is 0 Å². The molecule has 1 aliphatic heterocycles. The van der Waals surface area contributed by atoms with Gasteiger partial charge in [-0.25, -0.2) is 0 Å². The summed E-state index contributed by atoms with van der Waals surface area (Å²) in [5, 5.41) is 25.9. The van der Waals surface area contributed by atoms with Crippen molar-refractivity contribution in [3.8, 4) is 28.8 Å². The second-order valence-electron chi connectivity index (χ2n) is 8.37. The van der Waals surface area contributed by atoms with E-state index in [0.29, 0.717) is 12.1 Å². The van der Waals surface area contributed by atoms with E-state index in [1.807, 2.05) is 64.2 Å². The average Bonchev–Trinajstić information content (AvgIpc) is 3.29. The molecule has 0 aliphatic carbocycles. The predicted octanol–water partition coefficient (Wildman–Crippen LogP) is 4.90. The lowest BCUT2D eigenvalue weighted by molar-refractivity contribution is 0.0127. The first-order valence-corrected chi connectivity index (χ1v) is 11.3. The zero-order chi connectivity index (χ0) is 23.5. The molecular formula is C27H25N5O2. The van der Waals surface area contributed by atoms with Crippen LogP contribution in [0.4, 0.5) is 0 Å².